The highest BCUT2D eigenvalue weighted by atomic mass is 16.6. The quantitative estimate of drug-likeness (QED) is 0.845. The summed E-state index contributed by atoms with van der Waals surface area (Å²) < 4.78 is 5.50. The van der Waals surface area contributed by atoms with Crippen molar-refractivity contribution >= 4 is 12.0 Å². The lowest BCUT2D eigenvalue weighted by molar-refractivity contribution is -0.136. The Morgan fingerprint density at radius 3 is 2.54 bits per heavy atom. The van der Waals surface area contributed by atoms with Crippen molar-refractivity contribution in [3.63, 3.8) is 0 Å². The van der Waals surface area contributed by atoms with Crippen molar-refractivity contribution < 1.29 is 14.3 Å². The first-order valence-corrected chi connectivity index (χ1v) is 9.43. The molecular formula is C20H31N3O3. The molecule has 2 rings (SSSR count). The van der Waals surface area contributed by atoms with E-state index < -0.39 is 6.04 Å². The van der Waals surface area contributed by atoms with Gasteiger partial charge in [-0.25, -0.2) is 4.79 Å². The number of hydrogen-bond acceptors (Lipinski definition) is 4. The summed E-state index contributed by atoms with van der Waals surface area (Å²) in [5.41, 5.74) is 6.75. The maximum atomic E-state index is 12.6. The molecule has 1 heterocycles. The van der Waals surface area contributed by atoms with Gasteiger partial charge in [0.1, 0.15) is 6.61 Å². The van der Waals surface area contributed by atoms with Crippen molar-refractivity contribution in [1.29, 1.82) is 0 Å². The number of carbonyl (C=O) groups excluding carboxylic acids is 2. The molecule has 1 fully saturated rings. The highest BCUT2D eigenvalue weighted by Crippen LogP contribution is 2.20. The summed E-state index contributed by atoms with van der Waals surface area (Å²) in [6.45, 7) is 7.06. The monoisotopic (exact) mass is 361 g/mol. The number of nitrogens with two attached hydrogens (primary N) is 1. The second kappa shape index (κ2) is 9.57. The van der Waals surface area contributed by atoms with Crippen molar-refractivity contribution in [2.75, 3.05) is 13.1 Å². The largest absolute Gasteiger partial charge is 0.445 e. The van der Waals surface area contributed by atoms with Gasteiger partial charge in [-0.15, -0.1) is 0 Å². The van der Waals surface area contributed by atoms with Crippen LogP contribution in [0.5, 0.6) is 0 Å². The molecule has 1 aliphatic heterocycles. The Balaban J connectivity index is 2.01. The molecular weight excluding hydrogens is 330 g/mol. The van der Waals surface area contributed by atoms with E-state index in [-0.39, 0.29) is 30.7 Å². The predicted molar refractivity (Wildman–Crippen MR) is 101 cm³/mol. The number of hydrogen-bond donors (Lipinski definition) is 1. The molecule has 0 saturated carbocycles. The summed E-state index contributed by atoms with van der Waals surface area (Å²) >= 11 is 0. The Morgan fingerprint density at radius 1 is 1.23 bits per heavy atom. The average molecular weight is 361 g/mol. The lowest BCUT2D eigenvalue weighted by Gasteiger charge is -2.40. The molecule has 1 aromatic rings. The topological polar surface area (TPSA) is 75.9 Å². The first-order valence-electron chi connectivity index (χ1n) is 9.43. The van der Waals surface area contributed by atoms with Gasteiger partial charge >= 0.3 is 6.09 Å². The van der Waals surface area contributed by atoms with E-state index in [0.717, 1.165) is 24.8 Å². The fraction of sp³-hybridized carbons (Fsp3) is 0.600. The molecule has 2 amide bonds. The maximum absolute atomic E-state index is 12.6. The van der Waals surface area contributed by atoms with Crippen LogP contribution < -0.4 is 5.73 Å². The summed E-state index contributed by atoms with van der Waals surface area (Å²) in [5.74, 6) is -0.0453. The zero-order valence-corrected chi connectivity index (χ0v) is 16.1. The number of benzene rings is 1. The summed E-state index contributed by atoms with van der Waals surface area (Å²) in [5, 5.41) is 0. The van der Waals surface area contributed by atoms with Crippen LogP contribution in [-0.4, -0.2) is 53.0 Å². The van der Waals surface area contributed by atoms with Crippen LogP contribution in [0.25, 0.3) is 0 Å². The Labute approximate surface area is 156 Å². The van der Waals surface area contributed by atoms with Crippen molar-refractivity contribution in [3.8, 4) is 0 Å². The molecule has 0 radical (unpaired) electrons. The molecule has 0 aliphatic carbocycles. The Kier molecular flexibility index (Phi) is 7.45. The van der Waals surface area contributed by atoms with Gasteiger partial charge in [-0.05, 0) is 45.6 Å². The number of nitrogens with zero attached hydrogens (tertiary/aromatic N) is 2. The lowest BCUT2D eigenvalue weighted by atomic mass is 10.00. The zero-order valence-electron chi connectivity index (χ0n) is 16.1. The first kappa shape index (κ1) is 20.2. The van der Waals surface area contributed by atoms with Crippen LogP contribution >= 0.6 is 0 Å². The van der Waals surface area contributed by atoms with Crippen molar-refractivity contribution in [1.82, 2.24) is 9.80 Å². The van der Waals surface area contributed by atoms with Crippen LogP contribution in [-0.2, 0) is 16.1 Å². The molecule has 1 aliphatic rings. The van der Waals surface area contributed by atoms with E-state index in [1.807, 2.05) is 49.1 Å². The van der Waals surface area contributed by atoms with E-state index in [2.05, 4.69) is 0 Å². The summed E-state index contributed by atoms with van der Waals surface area (Å²) in [7, 11) is 0. The molecule has 0 bridgehead atoms. The fourth-order valence-electron chi connectivity index (χ4n) is 3.27. The molecule has 2 N–H and O–H groups in total. The number of amides is 2. The zero-order chi connectivity index (χ0) is 19.1. The third-order valence-corrected chi connectivity index (χ3v) is 4.77. The number of likely N-dealkylation sites (tertiary alicyclic amines) is 1. The van der Waals surface area contributed by atoms with Crippen LogP contribution in [0, 0.1) is 0 Å². The molecule has 0 aromatic heterocycles. The van der Waals surface area contributed by atoms with Crippen molar-refractivity contribution in [2.24, 2.45) is 5.73 Å². The van der Waals surface area contributed by atoms with Crippen LogP contribution in [0.3, 0.4) is 0 Å². The van der Waals surface area contributed by atoms with Crippen LogP contribution in [0.4, 0.5) is 4.79 Å². The Hall–Kier alpha value is -2.08. The van der Waals surface area contributed by atoms with E-state index in [1.165, 1.54) is 0 Å². The second-order valence-corrected chi connectivity index (χ2v) is 7.26. The van der Waals surface area contributed by atoms with E-state index in [0.29, 0.717) is 13.1 Å². The molecule has 2 atom stereocenters. The minimum atomic E-state index is -0.520. The van der Waals surface area contributed by atoms with Gasteiger partial charge in [0.05, 0.1) is 6.04 Å². The number of piperidine rings is 1. The molecule has 1 saturated heterocycles. The average Bonchev–Trinajstić information content (AvgIpc) is 2.64. The van der Waals surface area contributed by atoms with Crippen molar-refractivity contribution in [3.05, 3.63) is 35.9 Å². The summed E-state index contributed by atoms with van der Waals surface area (Å²) in [6.07, 6.45) is 2.57. The van der Waals surface area contributed by atoms with Gasteiger partial charge in [-0.3, -0.25) is 4.79 Å². The Bertz CT molecular complexity index is 589. The third-order valence-electron chi connectivity index (χ3n) is 4.77. The molecule has 0 unspecified atom stereocenters. The maximum Gasteiger partial charge on any atom is 0.410 e. The van der Waals surface area contributed by atoms with Gasteiger partial charge in [0.15, 0.2) is 0 Å². The van der Waals surface area contributed by atoms with Crippen LogP contribution in [0.2, 0.25) is 0 Å². The molecule has 6 heteroatoms. The standard InChI is InChI=1S/C20H31N3O3/c1-15(2)23(20(25)26-14-17-9-5-4-6-10-17)13-18-11-7-8-12-22(18)19(24)16(3)21/h4-6,9-10,15-16,18H,7-8,11-14,21H2,1-3H3/t16-,18-/m0/s1. The smallest absolute Gasteiger partial charge is 0.410 e. The molecule has 0 spiro atoms. The molecule has 26 heavy (non-hydrogen) atoms. The van der Waals surface area contributed by atoms with Gasteiger partial charge in [-0.1, -0.05) is 30.3 Å². The highest BCUT2D eigenvalue weighted by molar-refractivity contribution is 5.81. The lowest BCUT2D eigenvalue weighted by Crippen LogP contribution is -2.55. The minimum absolute atomic E-state index is 0.00562. The van der Waals surface area contributed by atoms with Gasteiger partial charge in [-0.2, -0.15) is 0 Å². The van der Waals surface area contributed by atoms with Crippen LogP contribution in [0.15, 0.2) is 30.3 Å². The van der Waals surface area contributed by atoms with E-state index in [4.69, 9.17) is 10.5 Å². The van der Waals surface area contributed by atoms with E-state index >= 15 is 0 Å². The Morgan fingerprint density at radius 2 is 1.92 bits per heavy atom. The number of carbonyl (C=O) groups is 2. The van der Waals surface area contributed by atoms with Crippen LogP contribution in [0.1, 0.15) is 45.6 Å². The minimum Gasteiger partial charge on any atom is -0.445 e. The summed E-state index contributed by atoms with van der Waals surface area (Å²) in [4.78, 5) is 28.6. The highest BCUT2D eigenvalue weighted by Gasteiger charge is 2.32. The van der Waals surface area contributed by atoms with Gasteiger partial charge in [0.2, 0.25) is 5.91 Å². The van der Waals surface area contributed by atoms with E-state index in [9.17, 15) is 9.59 Å². The van der Waals surface area contributed by atoms with Crippen molar-refractivity contribution in [2.45, 2.75) is 64.8 Å². The van der Waals surface area contributed by atoms with Gasteiger partial charge < -0.3 is 20.3 Å². The SMILES string of the molecule is CC(C)N(C[C@@H]1CCCCN1C(=O)[C@H](C)N)C(=O)OCc1ccccc1. The number of rotatable bonds is 6. The normalized spacial score (nSPS) is 18.5. The number of ether oxygens (including phenoxy) is 1. The first-order chi connectivity index (χ1) is 12.4. The van der Waals surface area contributed by atoms with E-state index in [1.54, 1.807) is 11.8 Å². The second-order valence-electron chi connectivity index (χ2n) is 7.26. The fourth-order valence-corrected chi connectivity index (χ4v) is 3.27. The molecule has 1 aromatic carbocycles. The summed E-state index contributed by atoms with van der Waals surface area (Å²) in [6, 6.07) is 9.09. The molecule has 6 nitrogen and oxygen atoms in total. The molecule has 144 valence electrons. The predicted octanol–water partition coefficient (Wildman–Crippen LogP) is 2.76. The van der Waals surface area contributed by atoms with Gasteiger partial charge in [0.25, 0.3) is 0 Å². The van der Waals surface area contributed by atoms with Gasteiger partial charge in [0, 0.05) is 25.2 Å². The third kappa shape index (κ3) is 5.46.